The molecular weight excluding hydrogens is 304 g/mol. The second-order valence-corrected chi connectivity index (χ2v) is 5.36. The molecule has 122 valence electrons. The van der Waals surface area contributed by atoms with Crippen molar-refractivity contribution in [2.45, 2.75) is 13.3 Å². The average molecular weight is 322 g/mol. The summed E-state index contributed by atoms with van der Waals surface area (Å²) in [6.07, 6.45) is 2.24. The zero-order valence-corrected chi connectivity index (χ0v) is 13.3. The number of nitrogens with zero attached hydrogens (tertiary/aromatic N) is 2. The van der Waals surface area contributed by atoms with Crippen LogP contribution in [0.4, 0.5) is 0 Å². The Hall–Kier alpha value is -2.92. The summed E-state index contributed by atoms with van der Waals surface area (Å²) < 4.78 is 7.15. The highest BCUT2D eigenvalue weighted by molar-refractivity contribution is 5.76. The Balaban J connectivity index is 2.13. The predicted octanol–water partition coefficient (Wildman–Crippen LogP) is 3.00. The van der Waals surface area contributed by atoms with Crippen LogP contribution in [0.1, 0.15) is 12.5 Å². The van der Waals surface area contributed by atoms with Crippen molar-refractivity contribution in [1.29, 1.82) is 0 Å². The van der Waals surface area contributed by atoms with Crippen molar-refractivity contribution in [3.8, 4) is 22.7 Å². The highest BCUT2D eigenvalue weighted by atomic mass is 16.5. The highest BCUT2D eigenvalue weighted by Crippen LogP contribution is 2.32. The van der Waals surface area contributed by atoms with Crippen LogP contribution in [0.5, 0.6) is 5.75 Å². The highest BCUT2D eigenvalue weighted by Gasteiger charge is 2.15. The molecule has 0 atom stereocenters. The van der Waals surface area contributed by atoms with Gasteiger partial charge in [-0.15, -0.1) is 0 Å². The molecule has 0 aliphatic rings. The molecule has 0 aliphatic carbocycles. The number of rotatable bonds is 5. The van der Waals surface area contributed by atoms with E-state index in [0.29, 0.717) is 12.2 Å². The van der Waals surface area contributed by atoms with Gasteiger partial charge >= 0.3 is 5.97 Å². The number of hydrogen-bond acceptors (Lipinski definition) is 4. The second-order valence-electron chi connectivity index (χ2n) is 5.36. The molecule has 0 radical (unpaired) electrons. The number of ether oxygens (including phenoxy) is 1. The lowest BCUT2D eigenvalue weighted by atomic mass is 10.0. The Morgan fingerprint density at radius 3 is 2.67 bits per heavy atom. The van der Waals surface area contributed by atoms with E-state index >= 15 is 0 Å². The van der Waals surface area contributed by atoms with Crippen molar-refractivity contribution in [1.82, 2.24) is 9.78 Å². The van der Waals surface area contributed by atoms with Crippen LogP contribution in [0.2, 0.25) is 0 Å². The first-order valence-electron chi connectivity index (χ1n) is 7.71. The molecule has 0 saturated heterocycles. The number of aliphatic hydroxyl groups is 1. The Kier molecular flexibility index (Phi) is 4.72. The summed E-state index contributed by atoms with van der Waals surface area (Å²) in [7, 11) is 0. The van der Waals surface area contributed by atoms with E-state index in [-0.39, 0.29) is 12.6 Å². The van der Waals surface area contributed by atoms with Crippen LogP contribution >= 0.6 is 0 Å². The molecule has 2 aromatic carbocycles. The molecule has 5 nitrogen and oxygen atoms in total. The first kappa shape index (κ1) is 16.0. The monoisotopic (exact) mass is 322 g/mol. The molecule has 0 aliphatic heterocycles. The number of carbonyl (C=O) groups is 1. The normalized spacial score (nSPS) is 10.6. The predicted molar refractivity (Wildman–Crippen MR) is 91.1 cm³/mol. The van der Waals surface area contributed by atoms with Gasteiger partial charge < -0.3 is 9.84 Å². The zero-order chi connectivity index (χ0) is 16.9. The molecule has 3 aromatic rings. The first-order chi connectivity index (χ1) is 11.7. The smallest absolute Gasteiger partial charge is 0.308 e. The van der Waals surface area contributed by atoms with E-state index in [1.165, 1.54) is 6.92 Å². The standard InChI is InChI=1S/C19H18N2O3/c1-14(23)24-19-8-7-15(10-12-22)13-17(19)18-9-11-20-21(18)16-5-3-2-4-6-16/h2-9,11,13,22H,10,12H2,1H3. The van der Waals surface area contributed by atoms with Gasteiger partial charge in [0.15, 0.2) is 0 Å². The van der Waals surface area contributed by atoms with Gasteiger partial charge in [0.2, 0.25) is 0 Å². The minimum Gasteiger partial charge on any atom is -0.426 e. The largest absolute Gasteiger partial charge is 0.426 e. The van der Waals surface area contributed by atoms with E-state index in [4.69, 9.17) is 4.74 Å². The fraction of sp³-hybridized carbons (Fsp3) is 0.158. The third kappa shape index (κ3) is 3.36. The van der Waals surface area contributed by atoms with Crippen molar-refractivity contribution < 1.29 is 14.6 Å². The van der Waals surface area contributed by atoms with Crippen molar-refractivity contribution in [2.24, 2.45) is 0 Å². The van der Waals surface area contributed by atoms with E-state index in [9.17, 15) is 9.90 Å². The summed E-state index contributed by atoms with van der Waals surface area (Å²) >= 11 is 0. The molecule has 3 rings (SSSR count). The van der Waals surface area contributed by atoms with Crippen LogP contribution in [0, 0.1) is 0 Å². The fourth-order valence-corrected chi connectivity index (χ4v) is 2.59. The molecule has 0 saturated carbocycles. The van der Waals surface area contributed by atoms with E-state index in [1.807, 2.05) is 48.5 Å². The first-order valence-corrected chi connectivity index (χ1v) is 7.71. The summed E-state index contributed by atoms with van der Waals surface area (Å²) in [6, 6.07) is 17.1. The molecule has 1 aromatic heterocycles. The molecule has 0 spiro atoms. The topological polar surface area (TPSA) is 64.3 Å². The fourth-order valence-electron chi connectivity index (χ4n) is 2.59. The quantitative estimate of drug-likeness (QED) is 0.579. The third-order valence-electron chi connectivity index (χ3n) is 3.62. The third-order valence-corrected chi connectivity index (χ3v) is 3.62. The maximum Gasteiger partial charge on any atom is 0.308 e. The van der Waals surface area contributed by atoms with Crippen molar-refractivity contribution in [3.63, 3.8) is 0 Å². The molecule has 0 fully saturated rings. The number of para-hydroxylation sites is 1. The Morgan fingerprint density at radius 1 is 1.17 bits per heavy atom. The maximum absolute atomic E-state index is 11.4. The number of aliphatic hydroxyl groups excluding tert-OH is 1. The SMILES string of the molecule is CC(=O)Oc1ccc(CCO)cc1-c1ccnn1-c1ccccc1. The molecule has 1 heterocycles. The number of aromatic nitrogens is 2. The number of benzene rings is 2. The minimum absolute atomic E-state index is 0.0598. The van der Waals surface area contributed by atoms with Crippen molar-refractivity contribution in [2.75, 3.05) is 6.61 Å². The van der Waals surface area contributed by atoms with Crippen molar-refractivity contribution in [3.05, 3.63) is 66.4 Å². The van der Waals surface area contributed by atoms with E-state index < -0.39 is 0 Å². The molecule has 5 heteroatoms. The summed E-state index contributed by atoms with van der Waals surface area (Å²) in [4.78, 5) is 11.4. The Labute approximate surface area is 140 Å². The number of esters is 1. The lowest BCUT2D eigenvalue weighted by Gasteiger charge is -2.13. The van der Waals surface area contributed by atoms with Crippen LogP contribution in [-0.2, 0) is 11.2 Å². The van der Waals surface area contributed by atoms with Crippen LogP contribution < -0.4 is 4.74 Å². The van der Waals surface area contributed by atoms with Crippen LogP contribution in [0.3, 0.4) is 0 Å². The molecule has 1 N–H and O–H groups in total. The van der Waals surface area contributed by atoms with E-state index in [0.717, 1.165) is 22.5 Å². The van der Waals surface area contributed by atoms with E-state index in [2.05, 4.69) is 5.10 Å². The van der Waals surface area contributed by atoms with Gasteiger partial charge in [-0.05, 0) is 42.3 Å². The van der Waals surface area contributed by atoms with Gasteiger partial charge in [0.25, 0.3) is 0 Å². The van der Waals surface area contributed by atoms with Gasteiger partial charge in [0.1, 0.15) is 5.75 Å². The summed E-state index contributed by atoms with van der Waals surface area (Å²) in [5.41, 5.74) is 3.46. The Bertz CT molecular complexity index is 841. The minimum atomic E-state index is -0.378. The number of carbonyl (C=O) groups excluding carboxylic acids is 1. The van der Waals surface area contributed by atoms with Crippen LogP contribution in [0.15, 0.2) is 60.8 Å². The molecule has 24 heavy (non-hydrogen) atoms. The van der Waals surface area contributed by atoms with E-state index in [1.54, 1.807) is 16.9 Å². The molecule has 0 unspecified atom stereocenters. The molecular formula is C19H18N2O3. The second kappa shape index (κ2) is 7.10. The molecule has 0 bridgehead atoms. The van der Waals surface area contributed by atoms with Crippen molar-refractivity contribution >= 4 is 5.97 Å². The Morgan fingerprint density at radius 2 is 1.96 bits per heavy atom. The van der Waals surface area contributed by atoms with Gasteiger partial charge in [-0.2, -0.15) is 5.10 Å². The molecule has 0 amide bonds. The lowest BCUT2D eigenvalue weighted by molar-refractivity contribution is -0.131. The summed E-state index contributed by atoms with van der Waals surface area (Å²) in [5.74, 6) is 0.0961. The van der Waals surface area contributed by atoms with Gasteiger partial charge in [-0.1, -0.05) is 24.3 Å². The summed E-state index contributed by atoms with van der Waals surface area (Å²) in [5, 5.41) is 13.6. The van der Waals surface area contributed by atoms with Crippen LogP contribution in [0.25, 0.3) is 16.9 Å². The van der Waals surface area contributed by atoms with Gasteiger partial charge in [0, 0.05) is 19.1 Å². The summed E-state index contributed by atoms with van der Waals surface area (Å²) in [6.45, 7) is 1.43. The van der Waals surface area contributed by atoms with Crippen LogP contribution in [-0.4, -0.2) is 27.5 Å². The maximum atomic E-state index is 11.4. The average Bonchev–Trinajstić information content (AvgIpc) is 3.06. The van der Waals surface area contributed by atoms with Gasteiger partial charge in [0.05, 0.1) is 17.6 Å². The number of hydrogen-bond donors (Lipinski definition) is 1. The van der Waals surface area contributed by atoms with Gasteiger partial charge in [-0.25, -0.2) is 4.68 Å². The zero-order valence-electron chi connectivity index (χ0n) is 13.3. The van der Waals surface area contributed by atoms with Gasteiger partial charge in [-0.3, -0.25) is 4.79 Å². The lowest BCUT2D eigenvalue weighted by Crippen LogP contribution is -2.05.